The van der Waals surface area contributed by atoms with Crippen LogP contribution in [0.3, 0.4) is 0 Å². The molecule has 0 aliphatic carbocycles. The van der Waals surface area contributed by atoms with Crippen LogP contribution in [0.15, 0.2) is 36.4 Å². The number of nitrogens with one attached hydrogen (secondary N) is 1. The van der Waals surface area contributed by atoms with Crippen molar-refractivity contribution in [1.82, 2.24) is 9.97 Å². The smallest absolute Gasteiger partial charge is 0.354 e. The predicted molar refractivity (Wildman–Crippen MR) is 72.4 cm³/mol. The van der Waals surface area contributed by atoms with E-state index >= 15 is 0 Å². The van der Waals surface area contributed by atoms with E-state index < -0.39 is 5.97 Å². The first-order valence-corrected chi connectivity index (χ1v) is 6.02. The molecular formula is C14H15N3O2. The molecule has 0 aliphatic rings. The number of aryl methyl sites for hydroxylation is 2. The SMILES string of the molecule is CNc1cc(C(=O)O)nc(CCc2ccccc2)n1. The largest absolute Gasteiger partial charge is 0.477 e. The van der Waals surface area contributed by atoms with E-state index in [2.05, 4.69) is 15.3 Å². The summed E-state index contributed by atoms with van der Waals surface area (Å²) in [4.78, 5) is 19.3. The van der Waals surface area contributed by atoms with E-state index in [1.165, 1.54) is 11.6 Å². The fourth-order valence-electron chi connectivity index (χ4n) is 1.75. The minimum Gasteiger partial charge on any atom is -0.477 e. The minimum absolute atomic E-state index is 0.0161. The van der Waals surface area contributed by atoms with Gasteiger partial charge in [-0.3, -0.25) is 0 Å². The Hall–Kier alpha value is -2.43. The quantitative estimate of drug-likeness (QED) is 0.856. The Morgan fingerprint density at radius 2 is 1.95 bits per heavy atom. The number of benzene rings is 1. The number of carbonyl (C=O) groups is 1. The van der Waals surface area contributed by atoms with Gasteiger partial charge in [-0.1, -0.05) is 30.3 Å². The second-order valence-electron chi connectivity index (χ2n) is 4.10. The van der Waals surface area contributed by atoms with Crippen LogP contribution in [0.1, 0.15) is 21.9 Å². The molecule has 5 nitrogen and oxygen atoms in total. The van der Waals surface area contributed by atoms with Crippen molar-refractivity contribution in [3.8, 4) is 0 Å². The van der Waals surface area contributed by atoms with Crippen LogP contribution < -0.4 is 5.32 Å². The molecule has 2 aromatic rings. The van der Waals surface area contributed by atoms with Crippen LogP contribution >= 0.6 is 0 Å². The Balaban J connectivity index is 2.15. The van der Waals surface area contributed by atoms with Crippen LogP contribution in [0.2, 0.25) is 0 Å². The summed E-state index contributed by atoms with van der Waals surface area (Å²) in [6.07, 6.45) is 1.40. The maximum atomic E-state index is 11.0. The lowest BCUT2D eigenvalue weighted by Crippen LogP contribution is -2.08. The minimum atomic E-state index is -1.04. The number of nitrogens with zero attached hydrogens (tertiary/aromatic N) is 2. The van der Waals surface area contributed by atoms with Gasteiger partial charge in [0, 0.05) is 19.5 Å². The number of carboxylic acid groups (broad SMARTS) is 1. The van der Waals surface area contributed by atoms with Gasteiger partial charge in [-0.05, 0) is 12.0 Å². The van der Waals surface area contributed by atoms with Crippen molar-refractivity contribution >= 4 is 11.8 Å². The third-order valence-corrected chi connectivity index (χ3v) is 2.73. The number of anilines is 1. The zero-order valence-electron chi connectivity index (χ0n) is 10.6. The first kappa shape index (κ1) is 13.0. The Morgan fingerprint density at radius 1 is 1.21 bits per heavy atom. The molecule has 0 bridgehead atoms. The normalized spacial score (nSPS) is 10.2. The molecule has 0 unspecified atom stereocenters. The van der Waals surface area contributed by atoms with Gasteiger partial charge < -0.3 is 10.4 Å². The van der Waals surface area contributed by atoms with Crippen molar-refractivity contribution in [2.45, 2.75) is 12.8 Å². The summed E-state index contributed by atoms with van der Waals surface area (Å²) >= 11 is 0. The van der Waals surface area contributed by atoms with Crippen LogP contribution in [0.4, 0.5) is 5.82 Å². The third kappa shape index (κ3) is 3.51. The molecular weight excluding hydrogens is 242 g/mol. The fourth-order valence-corrected chi connectivity index (χ4v) is 1.75. The number of aromatic nitrogens is 2. The molecule has 19 heavy (non-hydrogen) atoms. The maximum Gasteiger partial charge on any atom is 0.354 e. The lowest BCUT2D eigenvalue weighted by atomic mass is 10.1. The van der Waals surface area contributed by atoms with E-state index in [1.807, 2.05) is 30.3 Å². The van der Waals surface area contributed by atoms with Crippen molar-refractivity contribution in [2.24, 2.45) is 0 Å². The summed E-state index contributed by atoms with van der Waals surface area (Å²) in [5.74, 6) is 0.0171. The molecule has 98 valence electrons. The van der Waals surface area contributed by atoms with Crippen molar-refractivity contribution in [2.75, 3.05) is 12.4 Å². The molecule has 0 spiro atoms. The number of hydrogen-bond donors (Lipinski definition) is 2. The molecule has 2 N–H and O–H groups in total. The molecule has 2 rings (SSSR count). The van der Waals surface area contributed by atoms with Gasteiger partial charge in [0.1, 0.15) is 11.6 Å². The average molecular weight is 257 g/mol. The van der Waals surface area contributed by atoms with Gasteiger partial charge in [-0.15, -0.1) is 0 Å². The average Bonchev–Trinajstić information content (AvgIpc) is 2.45. The third-order valence-electron chi connectivity index (χ3n) is 2.73. The summed E-state index contributed by atoms with van der Waals surface area (Å²) < 4.78 is 0. The molecule has 0 aliphatic heterocycles. The molecule has 5 heteroatoms. The molecule has 1 heterocycles. The summed E-state index contributed by atoms with van der Waals surface area (Å²) in [6, 6.07) is 11.4. The van der Waals surface area contributed by atoms with Crippen molar-refractivity contribution in [3.63, 3.8) is 0 Å². The van der Waals surface area contributed by atoms with E-state index in [0.29, 0.717) is 18.1 Å². The van der Waals surface area contributed by atoms with E-state index in [0.717, 1.165) is 6.42 Å². The summed E-state index contributed by atoms with van der Waals surface area (Å²) in [5.41, 5.74) is 1.19. The van der Waals surface area contributed by atoms with Crippen LogP contribution in [-0.4, -0.2) is 28.1 Å². The van der Waals surface area contributed by atoms with Gasteiger partial charge in [0.2, 0.25) is 0 Å². The van der Waals surface area contributed by atoms with Gasteiger partial charge in [-0.25, -0.2) is 14.8 Å². The molecule has 0 amide bonds. The fraction of sp³-hybridized carbons (Fsp3) is 0.214. The van der Waals surface area contributed by atoms with Crippen molar-refractivity contribution in [3.05, 3.63) is 53.5 Å². The summed E-state index contributed by atoms with van der Waals surface area (Å²) in [6.45, 7) is 0. The molecule has 0 radical (unpaired) electrons. The Labute approximate surface area is 111 Å². The first-order valence-electron chi connectivity index (χ1n) is 6.02. The van der Waals surface area contributed by atoms with Crippen molar-refractivity contribution in [1.29, 1.82) is 0 Å². The number of hydrogen-bond acceptors (Lipinski definition) is 4. The molecule has 1 aromatic heterocycles. The molecule has 0 saturated heterocycles. The number of rotatable bonds is 5. The second kappa shape index (κ2) is 5.95. The molecule has 0 saturated carbocycles. The van der Waals surface area contributed by atoms with Crippen molar-refractivity contribution < 1.29 is 9.90 Å². The standard InChI is InChI=1S/C14H15N3O2/c1-15-13-9-11(14(18)19)16-12(17-13)8-7-10-5-3-2-4-6-10/h2-6,9H,7-8H2,1H3,(H,18,19)(H,15,16,17). The lowest BCUT2D eigenvalue weighted by molar-refractivity contribution is 0.0690. The highest BCUT2D eigenvalue weighted by molar-refractivity contribution is 5.86. The zero-order valence-corrected chi connectivity index (χ0v) is 10.6. The van der Waals surface area contributed by atoms with Crippen LogP contribution in [0.5, 0.6) is 0 Å². The molecule has 1 aromatic carbocycles. The van der Waals surface area contributed by atoms with E-state index in [1.54, 1.807) is 7.05 Å². The van der Waals surface area contributed by atoms with Crippen LogP contribution in [0.25, 0.3) is 0 Å². The Kier molecular flexibility index (Phi) is 4.07. The van der Waals surface area contributed by atoms with Gasteiger partial charge in [0.25, 0.3) is 0 Å². The van der Waals surface area contributed by atoms with E-state index in [4.69, 9.17) is 5.11 Å². The zero-order chi connectivity index (χ0) is 13.7. The molecule has 0 fully saturated rings. The highest BCUT2D eigenvalue weighted by Crippen LogP contribution is 2.09. The van der Waals surface area contributed by atoms with Gasteiger partial charge >= 0.3 is 5.97 Å². The van der Waals surface area contributed by atoms with Crippen LogP contribution in [-0.2, 0) is 12.8 Å². The van der Waals surface area contributed by atoms with Gasteiger partial charge in [0.15, 0.2) is 5.69 Å². The summed E-state index contributed by atoms with van der Waals surface area (Å²) in [5, 5.41) is 11.8. The Bertz CT molecular complexity index is 570. The lowest BCUT2D eigenvalue weighted by Gasteiger charge is -2.05. The second-order valence-corrected chi connectivity index (χ2v) is 4.10. The van der Waals surface area contributed by atoms with Gasteiger partial charge in [0.05, 0.1) is 0 Å². The van der Waals surface area contributed by atoms with Gasteiger partial charge in [-0.2, -0.15) is 0 Å². The Morgan fingerprint density at radius 3 is 2.58 bits per heavy atom. The summed E-state index contributed by atoms with van der Waals surface area (Å²) in [7, 11) is 1.70. The predicted octanol–water partition coefficient (Wildman–Crippen LogP) is 2.00. The highest BCUT2D eigenvalue weighted by atomic mass is 16.4. The highest BCUT2D eigenvalue weighted by Gasteiger charge is 2.09. The molecule has 0 atom stereocenters. The van der Waals surface area contributed by atoms with E-state index in [9.17, 15) is 4.79 Å². The first-order chi connectivity index (χ1) is 9.19. The maximum absolute atomic E-state index is 11.0. The van der Waals surface area contributed by atoms with E-state index in [-0.39, 0.29) is 5.69 Å². The monoisotopic (exact) mass is 257 g/mol. The number of carboxylic acids is 1. The topological polar surface area (TPSA) is 75.1 Å². The number of aromatic carboxylic acids is 1. The van der Waals surface area contributed by atoms with Crippen LogP contribution in [0, 0.1) is 0 Å².